The first-order valence-corrected chi connectivity index (χ1v) is 7.84. The fourth-order valence-corrected chi connectivity index (χ4v) is 3.08. The molecule has 0 aliphatic carbocycles. The molecule has 1 aliphatic rings. The highest BCUT2D eigenvalue weighted by molar-refractivity contribution is 6.06. The van der Waals surface area contributed by atoms with Gasteiger partial charge in [-0.05, 0) is 24.1 Å². The number of pyridine rings is 1. The van der Waals surface area contributed by atoms with Gasteiger partial charge in [-0.15, -0.1) is 0 Å². The van der Waals surface area contributed by atoms with Gasteiger partial charge in [0.25, 0.3) is 5.91 Å². The van der Waals surface area contributed by atoms with Crippen LogP contribution in [0.25, 0.3) is 10.9 Å². The molecule has 0 radical (unpaired) electrons. The van der Waals surface area contributed by atoms with E-state index in [1.807, 2.05) is 42.5 Å². The number of fused-ring (bicyclic) bond motifs is 2. The predicted molar refractivity (Wildman–Crippen MR) is 91.5 cm³/mol. The van der Waals surface area contributed by atoms with Crippen molar-refractivity contribution < 1.29 is 9.53 Å². The number of hydrogen-bond acceptors (Lipinski definition) is 3. The standard InChI is InChI=1S/C19H16N2O3/c22-18-10-15(14-6-2-3-7-16(14)21-18)19(23)20-13-9-12-5-1-4-8-17(12)24-11-13/h1-8,10,13H,9,11H2,(H,20,23)(H,21,22). The molecule has 0 spiro atoms. The van der Waals surface area contributed by atoms with Gasteiger partial charge in [0.2, 0.25) is 5.56 Å². The van der Waals surface area contributed by atoms with Gasteiger partial charge in [-0.2, -0.15) is 0 Å². The summed E-state index contributed by atoms with van der Waals surface area (Å²) < 4.78 is 5.70. The van der Waals surface area contributed by atoms with Gasteiger partial charge < -0.3 is 15.0 Å². The molecule has 1 aliphatic heterocycles. The fourth-order valence-electron chi connectivity index (χ4n) is 3.08. The van der Waals surface area contributed by atoms with Gasteiger partial charge in [-0.3, -0.25) is 9.59 Å². The third-order valence-corrected chi connectivity index (χ3v) is 4.21. The van der Waals surface area contributed by atoms with E-state index in [1.165, 1.54) is 6.07 Å². The van der Waals surface area contributed by atoms with Crippen LogP contribution in [0.15, 0.2) is 59.4 Å². The largest absolute Gasteiger partial charge is 0.491 e. The number of aromatic amines is 1. The third-order valence-electron chi connectivity index (χ3n) is 4.21. The molecule has 0 saturated heterocycles. The molecular formula is C19H16N2O3. The Kier molecular flexibility index (Phi) is 3.54. The fraction of sp³-hybridized carbons (Fsp3) is 0.158. The van der Waals surface area contributed by atoms with E-state index in [1.54, 1.807) is 6.07 Å². The van der Waals surface area contributed by atoms with Crippen LogP contribution in [0.5, 0.6) is 5.75 Å². The van der Waals surface area contributed by atoms with Crippen molar-refractivity contribution in [3.05, 3.63) is 76.1 Å². The second kappa shape index (κ2) is 5.85. The van der Waals surface area contributed by atoms with Crippen molar-refractivity contribution in [1.82, 2.24) is 10.3 Å². The number of amides is 1. The van der Waals surface area contributed by atoms with Crippen LogP contribution in [-0.4, -0.2) is 23.5 Å². The minimum absolute atomic E-state index is 0.120. The second-order valence-corrected chi connectivity index (χ2v) is 5.89. The first-order chi connectivity index (χ1) is 11.7. The monoisotopic (exact) mass is 320 g/mol. The lowest BCUT2D eigenvalue weighted by Gasteiger charge is -2.26. The number of hydrogen-bond donors (Lipinski definition) is 2. The van der Waals surface area contributed by atoms with Gasteiger partial charge in [0, 0.05) is 17.0 Å². The molecule has 120 valence electrons. The van der Waals surface area contributed by atoms with Crippen molar-refractivity contribution in [2.45, 2.75) is 12.5 Å². The Morgan fingerprint density at radius 1 is 1.12 bits per heavy atom. The Bertz CT molecular complexity index is 978. The van der Waals surface area contributed by atoms with E-state index >= 15 is 0 Å². The lowest BCUT2D eigenvalue weighted by molar-refractivity contribution is 0.0917. The molecule has 5 nitrogen and oxygen atoms in total. The van der Waals surface area contributed by atoms with E-state index in [9.17, 15) is 9.59 Å². The molecule has 2 aromatic carbocycles. The topological polar surface area (TPSA) is 71.2 Å². The van der Waals surface area contributed by atoms with E-state index in [0.717, 1.165) is 16.7 Å². The molecular weight excluding hydrogens is 304 g/mol. The van der Waals surface area contributed by atoms with E-state index in [2.05, 4.69) is 10.3 Å². The van der Waals surface area contributed by atoms with E-state index < -0.39 is 0 Å². The lowest BCUT2D eigenvalue weighted by atomic mass is 10.0. The average molecular weight is 320 g/mol. The van der Waals surface area contributed by atoms with Gasteiger partial charge in [0.15, 0.2) is 0 Å². The molecule has 4 rings (SSSR count). The second-order valence-electron chi connectivity index (χ2n) is 5.89. The number of nitrogens with one attached hydrogen (secondary N) is 2. The van der Waals surface area contributed by atoms with Crippen molar-refractivity contribution in [3.8, 4) is 5.75 Å². The SMILES string of the molecule is O=C(NC1COc2ccccc2C1)c1cc(=O)[nH]c2ccccc12. The number of ether oxygens (including phenoxy) is 1. The minimum Gasteiger partial charge on any atom is -0.491 e. The Hall–Kier alpha value is -3.08. The van der Waals surface area contributed by atoms with Crippen molar-refractivity contribution >= 4 is 16.8 Å². The minimum atomic E-state index is -0.288. The zero-order chi connectivity index (χ0) is 16.5. The molecule has 1 atom stereocenters. The van der Waals surface area contributed by atoms with Gasteiger partial charge in [0.05, 0.1) is 11.6 Å². The summed E-state index contributed by atoms with van der Waals surface area (Å²) >= 11 is 0. The molecule has 0 fully saturated rings. The van der Waals surface area contributed by atoms with Gasteiger partial charge in [0.1, 0.15) is 12.4 Å². The van der Waals surface area contributed by atoms with Crippen LogP contribution in [0, 0.1) is 0 Å². The zero-order valence-electron chi connectivity index (χ0n) is 12.9. The van der Waals surface area contributed by atoms with Crippen molar-refractivity contribution in [2.24, 2.45) is 0 Å². The zero-order valence-corrected chi connectivity index (χ0v) is 12.9. The number of benzene rings is 2. The summed E-state index contributed by atoms with van der Waals surface area (Å²) in [6.07, 6.45) is 0.711. The third kappa shape index (κ3) is 2.65. The molecule has 0 saturated carbocycles. The van der Waals surface area contributed by atoms with Crippen LogP contribution in [0.2, 0.25) is 0 Å². The Balaban J connectivity index is 1.61. The predicted octanol–water partition coefficient (Wildman–Crippen LogP) is 2.26. The number of para-hydroxylation sites is 2. The number of H-pyrrole nitrogens is 1. The van der Waals surface area contributed by atoms with Crippen LogP contribution in [-0.2, 0) is 6.42 Å². The molecule has 2 N–H and O–H groups in total. The molecule has 0 bridgehead atoms. The Labute approximate surface area is 138 Å². The van der Waals surface area contributed by atoms with Crippen LogP contribution < -0.4 is 15.6 Å². The van der Waals surface area contributed by atoms with Crippen LogP contribution >= 0.6 is 0 Å². The summed E-state index contributed by atoms with van der Waals surface area (Å²) in [5, 5.41) is 3.71. The van der Waals surface area contributed by atoms with Crippen molar-refractivity contribution in [1.29, 1.82) is 0 Å². The summed E-state index contributed by atoms with van der Waals surface area (Å²) in [5.41, 5.74) is 1.82. The number of aromatic nitrogens is 1. The molecule has 1 aromatic heterocycles. The van der Waals surface area contributed by atoms with E-state index in [4.69, 9.17) is 4.74 Å². The van der Waals surface area contributed by atoms with Gasteiger partial charge in [-0.1, -0.05) is 36.4 Å². The van der Waals surface area contributed by atoms with Crippen molar-refractivity contribution in [3.63, 3.8) is 0 Å². The van der Waals surface area contributed by atoms with E-state index in [-0.39, 0.29) is 17.5 Å². The number of carbonyl (C=O) groups excluding carboxylic acids is 1. The summed E-state index contributed by atoms with van der Waals surface area (Å²) in [6.45, 7) is 0.421. The maximum Gasteiger partial charge on any atom is 0.252 e. The maximum atomic E-state index is 12.7. The summed E-state index contributed by atoms with van der Waals surface area (Å²) in [7, 11) is 0. The van der Waals surface area contributed by atoms with Crippen LogP contribution in [0.4, 0.5) is 0 Å². The first-order valence-electron chi connectivity index (χ1n) is 7.84. The molecule has 1 unspecified atom stereocenters. The Morgan fingerprint density at radius 2 is 1.92 bits per heavy atom. The van der Waals surface area contributed by atoms with Crippen LogP contribution in [0.1, 0.15) is 15.9 Å². The Morgan fingerprint density at radius 3 is 2.83 bits per heavy atom. The maximum absolute atomic E-state index is 12.7. The highest BCUT2D eigenvalue weighted by atomic mass is 16.5. The van der Waals surface area contributed by atoms with Gasteiger partial charge >= 0.3 is 0 Å². The lowest BCUT2D eigenvalue weighted by Crippen LogP contribution is -2.43. The average Bonchev–Trinajstić information content (AvgIpc) is 2.60. The highest BCUT2D eigenvalue weighted by Crippen LogP contribution is 2.24. The molecule has 5 heteroatoms. The summed E-state index contributed by atoms with van der Waals surface area (Å²) in [4.78, 5) is 27.2. The number of rotatable bonds is 2. The molecule has 2 heterocycles. The highest BCUT2D eigenvalue weighted by Gasteiger charge is 2.22. The van der Waals surface area contributed by atoms with Crippen molar-refractivity contribution in [2.75, 3.05) is 6.61 Å². The van der Waals surface area contributed by atoms with Gasteiger partial charge in [-0.25, -0.2) is 0 Å². The van der Waals surface area contributed by atoms with E-state index in [0.29, 0.717) is 24.1 Å². The summed E-state index contributed by atoms with van der Waals surface area (Å²) in [5.74, 6) is 0.606. The molecule has 24 heavy (non-hydrogen) atoms. The molecule has 3 aromatic rings. The normalized spacial score (nSPS) is 16.2. The first kappa shape index (κ1) is 14.5. The summed E-state index contributed by atoms with van der Waals surface area (Å²) in [6, 6.07) is 16.3. The van der Waals surface area contributed by atoms with Crippen LogP contribution in [0.3, 0.4) is 0 Å². The molecule has 1 amide bonds. The smallest absolute Gasteiger partial charge is 0.252 e. The number of carbonyl (C=O) groups is 1. The quantitative estimate of drug-likeness (QED) is 0.761.